The molecule has 1 aromatic heterocycles. The number of nitrogens with one attached hydrogen (secondary N) is 1. The van der Waals surface area contributed by atoms with Crippen LogP contribution in [-0.4, -0.2) is 47.2 Å². The standard InChI is InChI=1S/C18H19FN4O2/c1-23(2)8-9-25-17-5-3-4-15-13(17)11-20-18(22-15)21-12-6-7-16(24)14(19)10-12/h3-7,10-11,24H,8-9H2,1-2H3,(H,20,21,22). The summed E-state index contributed by atoms with van der Waals surface area (Å²) in [4.78, 5) is 10.7. The van der Waals surface area contributed by atoms with Gasteiger partial charge in [-0.1, -0.05) is 6.07 Å². The molecule has 6 nitrogen and oxygen atoms in total. The molecule has 2 aromatic carbocycles. The lowest BCUT2D eigenvalue weighted by Gasteiger charge is -2.13. The molecule has 0 saturated carbocycles. The number of anilines is 2. The summed E-state index contributed by atoms with van der Waals surface area (Å²) < 4.78 is 19.2. The number of aromatic nitrogens is 2. The Labute approximate surface area is 144 Å². The fourth-order valence-corrected chi connectivity index (χ4v) is 2.27. The smallest absolute Gasteiger partial charge is 0.227 e. The third-order valence-corrected chi connectivity index (χ3v) is 3.59. The van der Waals surface area contributed by atoms with Crippen LogP contribution in [-0.2, 0) is 0 Å². The molecule has 0 amide bonds. The first-order valence-electron chi connectivity index (χ1n) is 7.82. The second kappa shape index (κ2) is 7.31. The number of fused-ring (bicyclic) bond motifs is 1. The summed E-state index contributed by atoms with van der Waals surface area (Å²) in [5, 5.41) is 13.0. The van der Waals surface area contributed by atoms with Crippen LogP contribution in [0.3, 0.4) is 0 Å². The fraction of sp³-hybridized carbons (Fsp3) is 0.222. The molecule has 0 aliphatic carbocycles. The average molecular weight is 342 g/mol. The fourth-order valence-electron chi connectivity index (χ4n) is 2.27. The first-order chi connectivity index (χ1) is 12.0. The molecule has 0 atom stereocenters. The van der Waals surface area contributed by atoms with Gasteiger partial charge in [0.15, 0.2) is 11.6 Å². The van der Waals surface area contributed by atoms with Crippen LogP contribution in [0.1, 0.15) is 0 Å². The van der Waals surface area contributed by atoms with Crippen molar-refractivity contribution >= 4 is 22.5 Å². The minimum atomic E-state index is -0.706. The van der Waals surface area contributed by atoms with Crippen LogP contribution < -0.4 is 10.1 Å². The van der Waals surface area contributed by atoms with Crippen molar-refractivity contribution < 1.29 is 14.2 Å². The van der Waals surface area contributed by atoms with E-state index < -0.39 is 11.6 Å². The second-order valence-electron chi connectivity index (χ2n) is 5.83. The zero-order valence-corrected chi connectivity index (χ0v) is 14.0. The Hall–Kier alpha value is -2.93. The van der Waals surface area contributed by atoms with Crippen molar-refractivity contribution in [2.24, 2.45) is 0 Å². The highest BCUT2D eigenvalue weighted by Crippen LogP contribution is 2.26. The van der Waals surface area contributed by atoms with Crippen LogP contribution in [0.5, 0.6) is 11.5 Å². The third-order valence-electron chi connectivity index (χ3n) is 3.59. The number of phenolic OH excluding ortho intramolecular Hbond substituents is 1. The van der Waals surface area contributed by atoms with Gasteiger partial charge in [-0.15, -0.1) is 0 Å². The number of rotatable bonds is 6. The van der Waals surface area contributed by atoms with Crippen LogP contribution in [0.15, 0.2) is 42.6 Å². The lowest BCUT2D eigenvalue weighted by atomic mass is 10.2. The van der Waals surface area contributed by atoms with Gasteiger partial charge in [0.05, 0.1) is 10.9 Å². The van der Waals surface area contributed by atoms with Crippen LogP contribution in [0, 0.1) is 5.82 Å². The number of ether oxygens (including phenoxy) is 1. The molecule has 0 saturated heterocycles. The SMILES string of the molecule is CN(C)CCOc1cccc2nc(Nc3ccc(O)c(F)c3)ncc12. The zero-order valence-electron chi connectivity index (χ0n) is 14.0. The quantitative estimate of drug-likeness (QED) is 0.671. The van der Waals surface area contributed by atoms with Crippen LogP contribution >= 0.6 is 0 Å². The van der Waals surface area contributed by atoms with Crippen LogP contribution in [0.4, 0.5) is 16.0 Å². The summed E-state index contributed by atoms with van der Waals surface area (Å²) in [7, 11) is 3.97. The van der Waals surface area contributed by atoms with E-state index in [0.717, 1.165) is 23.2 Å². The van der Waals surface area contributed by atoms with E-state index in [1.54, 1.807) is 12.3 Å². The Kier molecular flexibility index (Phi) is 4.95. The van der Waals surface area contributed by atoms with Crippen molar-refractivity contribution in [3.8, 4) is 11.5 Å². The number of phenols is 1. The molecule has 0 aliphatic rings. The minimum absolute atomic E-state index is 0.336. The molecule has 0 aliphatic heterocycles. The maximum absolute atomic E-state index is 13.4. The van der Waals surface area contributed by atoms with E-state index in [2.05, 4.69) is 15.3 Å². The first-order valence-corrected chi connectivity index (χ1v) is 7.82. The summed E-state index contributed by atoms with van der Waals surface area (Å²) >= 11 is 0. The van der Waals surface area contributed by atoms with Crippen LogP contribution in [0.2, 0.25) is 0 Å². The predicted molar refractivity (Wildman–Crippen MR) is 94.9 cm³/mol. The van der Waals surface area contributed by atoms with Gasteiger partial charge in [0, 0.05) is 24.5 Å². The van der Waals surface area contributed by atoms with Gasteiger partial charge in [0.2, 0.25) is 5.95 Å². The van der Waals surface area contributed by atoms with E-state index in [9.17, 15) is 9.50 Å². The van der Waals surface area contributed by atoms with E-state index in [0.29, 0.717) is 18.2 Å². The van der Waals surface area contributed by atoms with Gasteiger partial charge in [-0.3, -0.25) is 0 Å². The number of aromatic hydroxyl groups is 1. The van der Waals surface area contributed by atoms with E-state index in [-0.39, 0.29) is 0 Å². The van der Waals surface area contributed by atoms with Crippen molar-refractivity contribution in [1.82, 2.24) is 14.9 Å². The monoisotopic (exact) mass is 342 g/mol. The normalized spacial score (nSPS) is 11.0. The highest BCUT2D eigenvalue weighted by Gasteiger charge is 2.07. The lowest BCUT2D eigenvalue weighted by molar-refractivity contribution is 0.263. The van der Waals surface area contributed by atoms with Gasteiger partial charge in [-0.25, -0.2) is 14.4 Å². The molecule has 0 bridgehead atoms. The number of hydrogen-bond donors (Lipinski definition) is 2. The molecule has 130 valence electrons. The van der Waals surface area contributed by atoms with Gasteiger partial charge >= 0.3 is 0 Å². The molecule has 1 heterocycles. The van der Waals surface area contributed by atoms with Gasteiger partial charge in [0.1, 0.15) is 12.4 Å². The Morgan fingerprint density at radius 1 is 1.24 bits per heavy atom. The number of likely N-dealkylation sites (N-methyl/N-ethyl adjacent to an activating group) is 1. The summed E-state index contributed by atoms with van der Waals surface area (Å²) in [5.74, 6) is -0.0449. The zero-order chi connectivity index (χ0) is 17.8. The van der Waals surface area contributed by atoms with Gasteiger partial charge in [0.25, 0.3) is 0 Å². The average Bonchev–Trinajstić information content (AvgIpc) is 2.58. The van der Waals surface area contributed by atoms with Gasteiger partial charge in [-0.05, 0) is 38.4 Å². The van der Waals surface area contributed by atoms with E-state index >= 15 is 0 Å². The number of nitrogens with zero attached hydrogens (tertiary/aromatic N) is 3. The Balaban J connectivity index is 1.81. The van der Waals surface area contributed by atoms with Crippen molar-refractivity contribution in [2.45, 2.75) is 0 Å². The molecular weight excluding hydrogens is 323 g/mol. The third kappa shape index (κ3) is 4.13. The molecule has 3 rings (SSSR count). The second-order valence-corrected chi connectivity index (χ2v) is 5.83. The van der Waals surface area contributed by atoms with E-state index in [1.807, 2.05) is 37.2 Å². The molecule has 0 fully saturated rings. The van der Waals surface area contributed by atoms with Crippen molar-refractivity contribution in [3.05, 3.63) is 48.4 Å². The molecule has 7 heteroatoms. The summed E-state index contributed by atoms with van der Waals surface area (Å²) in [6, 6.07) is 9.61. The summed E-state index contributed by atoms with van der Waals surface area (Å²) in [6.45, 7) is 1.38. The molecule has 0 unspecified atom stereocenters. The predicted octanol–water partition coefficient (Wildman–Crippen LogP) is 3.16. The Bertz CT molecular complexity index is 886. The maximum atomic E-state index is 13.4. The Morgan fingerprint density at radius 2 is 2.08 bits per heavy atom. The number of hydrogen-bond acceptors (Lipinski definition) is 6. The minimum Gasteiger partial charge on any atom is -0.505 e. The largest absolute Gasteiger partial charge is 0.505 e. The number of benzene rings is 2. The first kappa shape index (κ1) is 16.9. The lowest BCUT2D eigenvalue weighted by Crippen LogP contribution is -2.19. The van der Waals surface area contributed by atoms with E-state index in [4.69, 9.17) is 4.74 Å². The summed E-state index contributed by atoms with van der Waals surface area (Å²) in [5.41, 5.74) is 1.17. The number of halogens is 1. The summed E-state index contributed by atoms with van der Waals surface area (Å²) in [6.07, 6.45) is 1.67. The molecule has 0 radical (unpaired) electrons. The molecule has 2 N–H and O–H groups in total. The van der Waals surface area contributed by atoms with Crippen molar-refractivity contribution in [2.75, 3.05) is 32.6 Å². The highest BCUT2D eigenvalue weighted by molar-refractivity contribution is 5.85. The Morgan fingerprint density at radius 3 is 2.84 bits per heavy atom. The highest BCUT2D eigenvalue weighted by atomic mass is 19.1. The van der Waals surface area contributed by atoms with Crippen molar-refractivity contribution in [3.63, 3.8) is 0 Å². The molecular formula is C18H19FN4O2. The van der Waals surface area contributed by atoms with Gasteiger partial charge < -0.3 is 20.1 Å². The van der Waals surface area contributed by atoms with E-state index in [1.165, 1.54) is 12.1 Å². The molecule has 3 aromatic rings. The molecule has 25 heavy (non-hydrogen) atoms. The topological polar surface area (TPSA) is 70.5 Å². The van der Waals surface area contributed by atoms with Crippen LogP contribution in [0.25, 0.3) is 10.9 Å². The maximum Gasteiger partial charge on any atom is 0.227 e. The van der Waals surface area contributed by atoms with Gasteiger partial charge in [-0.2, -0.15) is 0 Å². The molecule has 0 spiro atoms. The van der Waals surface area contributed by atoms with Crippen molar-refractivity contribution in [1.29, 1.82) is 0 Å².